The molecule has 18 heavy (non-hydrogen) atoms. The topological polar surface area (TPSA) is 17.8 Å². The monoisotopic (exact) mass is 236 g/mol. The summed E-state index contributed by atoms with van der Waals surface area (Å²) in [6.07, 6.45) is 7.52. The molecule has 0 aliphatic heterocycles. The van der Waals surface area contributed by atoms with Crippen LogP contribution in [0.1, 0.15) is 19.2 Å². The van der Waals surface area contributed by atoms with Gasteiger partial charge in [-0.25, -0.2) is 4.98 Å². The summed E-state index contributed by atoms with van der Waals surface area (Å²) in [5.41, 5.74) is 2.54. The van der Waals surface area contributed by atoms with E-state index in [-0.39, 0.29) is 0 Å². The molecule has 0 amide bonds. The number of aryl methyl sites for hydroxylation is 1. The molecule has 2 nitrogen and oxygen atoms in total. The van der Waals surface area contributed by atoms with Crippen LogP contribution in [-0.4, -0.2) is 9.55 Å². The molecule has 1 aromatic heterocycles. The molecule has 2 aromatic rings. The lowest BCUT2D eigenvalue weighted by atomic mass is 10.2. The average molecular weight is 236 g/mol. The van der Waals surface area contributed by atoms with Crippen molar-refractivity contribution >= 4 is 12.2 Å². The van der Waals surface area contributed by atoms with Crippen molar-refractivity contribution < 1.29 is 0 Å². The molecule has 0 atom stereocenters. The number of fused-ring (bicyclic) bond motifs is 1. The van der Waals surface area contributed by atoms with E-state index in [1.54, 1.807) is 0 Å². The number of nitrogens with zero attached hydrogens (tertiary/aromatic N) is 2. The molecule has 0 fully saturated rings. The standard InChI is InChI=1S/C16H16N2/c1-12-8-10-15-16(11-9-12)18(13(2)17-15)14-6-4-3-5-7-14/h3-8,10-11H,9H2,1-2H3. The van der Waals surface area contributed by atoms with Crippen LogP contribution in [0.4, 0.5) is 0 Å². The van der Waals surface area contributed by atoms with Crippen LogP contribution in [0.3, 0.4) is 0 Å². The summed E-state index contributed by atoms with van der Waals surface area (Å²) in [5, 5.41) is 2.26. The van der Waals surface area contributed by atoms with Gasteiger partial charge in [0, 0.05) is 5.69 Å². The van der Waals surface area contributed by atoms with Crippen LogP contribution in [0.25, 0.3) is 17.8 Å². The first kappa shape index (κ1) is 11.0. The van der Waals surface area contributed by atoms with Crippen molar-refractivity contribution in [3.63, 3.8) is 0 Å². The average Bonchev–Trinajstić information content (AvgIpc) is 2.60. The highest BCUT2D eigenvalue weighted by molar-refractivity contribution is 5.46. The van der Waals surface area contributed by atoms with Crippen LogP contribution in [-0.2, 0) is 0 Å². The zero-order valence-corrected chi connectivity index (χ0v) is 10.7. The van der Waals surface area contributed by atoms with E-state index in [0.29, 0.717) is 0 Å². The number of allylic oxidation sites excluding steroid dienone is 2. The zero-order chi connectivity index (χ0) is 12.5. The first-order valence-corrected chi connectivity index (χ1v) is 6.24. The fourth-order valence-corrected chi connectivity index (χ4v) is 2.34. The van der Waals surface area contributed by atoms with Gasteiger partial charge in [-0.2, -0.15) is 0 Å². The van der Waals surface area contributed by atoms with Crippen LogP contribution in [0.5, 0.6) is 0 Å². The van der Waals surface area contributed by atoms with Crippen LogP contribution >= 0.6 is 0 Å². The Hall–Kier alpha value is -2.09. The predicted molar refractivity (Wildman–Crippen MR) is 74.9 cm³/mol. The van der Waals surface area contributed by atoms with E-state index in [2.05, 4.69) is 65.9 Å². The molecule has 0 N–H and O–H groups in total. The maximum absolute atomic E-state index is 4.65. The number of hydrogen-bond donors (Lipinski definition) is 0. The fourth-order valence-electron chi connectivity index (χ4n) is 2.34. The summed E-state index contributed by atoms with van der Waals surface area (Å²) in [6.45, 7) is 4.21. The van der Waals surface area contributed by atoms with Crippen molar-refractivity contribution in [2.45, 2.75) is 20.3 Å². The molecule has 3 rings (SSSR count). The van der Waals surface area contributed by atoms with Gasteiger partial charge in [-0.15, -0.1) is 0 Å². The molecule has 1 aliphatic rings. The molecule has 0 bridgehead atoms. The second kappa shape index (κ2) is 4.30. The Kier molecular flexibility index (Phi) is 2.63. The molecule has 90 valence electrons. The number of hydrogen-bond acceptors (Lipinski definition) is 1. The van der Waals surface area contributed by atoms with E-state index in [4.69, 9.17) is 0 Å². The lowest BCUT2D eigenvalue weighted by Crippen LogP contribution is -2.28. The molecule has 0 saturated carbocycles. The Morgan fingerprint density at radius 3 is 2.61 bits per heavy atom. The summed E-state index contributed by atoms with van der Waals surface area (Å²) in [7, 11) is 0. The highest BCUT2D eigenvalue weighted by Crippen LogP contribution is 2.07. The molecule has 0 radical (unpaired) electrons. The molecule has 0 spiro atoms. The van der Waals surface area contributed by atoms with Crippen molar-refractivity contribution in [3.05, 3.63) is 58.5 Å². The third-order valence-electron chi connectivity index (χ3n) is 3.27. The van der Waals surface area contributed by atoms with E-state index in [0.717, 1.165) is 17.6 Å². The fraction of sp³-hybridized carbons (Fsp3) is 0.188. The summed E-state index contributed by atoms with van der Waals surface area (Å²) in [4.78, 5) is 4.65. The van der Waals surface area contributed by atoms with Crippen molar-refractivity contribution in [1.82, 2.24) is 9.55 Å². The zero-order valence-electron chi connectivity index (χ0n) is 10.7. The molecule has 1 aromatic carbocycles. The van der Waals surface area contributed by atoms with Gasteiger partial charge in [0.05, 0.1) is 10.7 Å². The third kappa shape index (κ3) is 1.80. The van der Waals surface area contributed by atoms with E-state index >= 15 is 0 Å². The van der Waals surface area contributed by atoms with Crippen LogP contribution in [0.2, 0.25) is 0 Å². The number of imidazole rings is 1. The number of rotatable bonds is 1. The summed E-state index contributed by atoms with van der Waals surface area (Å²) in [6, 6.07) is 10.4. The second-order valence-electron chi connectivity index (χ2n) is 4.69. The lowest BCUT2D eigenvalue weighted by Gasteiger charge is -2.05. The Morgan fingerprint density at radius 2 is 1.83 bits per heavy atom. The summed E-state index contributed by atoms with van der Waals surface area (Å²) >= 11 is 0. The van der Waals surface area contributed by atoms with Crippen molar-refractivity contribution in [1.29, 1.82) is 0 Å². The first-order chi connectivity index (χ1) is 8.75. The van der Waals surface area contributed by atoms with Gasteiger partial charge in [0.25, 0.3) is 0 Å². The minimum absolute atomic E-state index is 0.988. The third-order valence-corrected chi connectivity index (χ3v) is 3.27. The van der Waals surface area contributed by atoms with Crippen molar-refractivity contribution in [2.24, 2.45) is 0 Å². The first-order valence-electron chi connectivity index (χ1n) is 6.24. The predicted octanol–water partition coefficient (Wildman–Crippen LogP) is 2.09. The van der Waals surface area contributed by atoms with E-state index in [1.165, 1.54) is 16.6 Å². The molecular weight excluding hydrogens is 220 g/mol. The van der Waals surface area contributed by atoms with Crippen LogP contribution < -0.4 is 10.7 Å². The van der Waals surface area contributed by atoms with Gasteiger partial charge in [-0.1, -0.05) is 35.9 Å². The van der Waals surface area contributed by atoms with Crippen LogP contribution in [0, 0.1) is 6.92 Å². The smallest absolute Gasteiger partial charge is 0.111 e. The molecule has 1 aliphatic carbocycles. The largest absolute Gasteiger partial charge is 0.297 e. The molecule has 2 heteroatoms. The number of para-hydroxylation sites is 1. The summed E-state index contributed by atoms with van der Waals surface area (Å²) < 4.78 is 2.22. The Morgan fingerprint density at radius 1 is 1.06 bits per heavy atom. The summed E-state index contributed by atoms with van der Waals surface area (Å²) in [5.74, 6) is 1.03. The van der Waals surface area contributed by atoms with Gasteiger partial charge in [-0.05, 0) is 38.5 Å². The number of benzene rings is 1. The van der Waals surface area contributed by atoms with Gasteiger partial charge in [-0.3, -0.25) is 4.57 Å². The Balaban J connectivity index is 2.30. The molecular formula is C16H16N2. The van der Waals surface area contributed by atoms with E-state index in [9.17, 15) is 0 Å². The highest BCUT2D eigenvalue weighted by Gasteiger charge is 2.06. The number of aromatic nitrogens is 2. The minimum atomic E-state index is 0.988. The molecule has 1 heterocycles. The van der Waals surface area contributed by atoms with Crippen LogP contribution in [0.15, 0.2) is 42.0 Å². The normalized spacial score (nSPS) is 14.0. The SMILES string of the molecule is CC1=CC=c2nc(C)n(-c3ccccc3)c2=CC1. The molecule has 0 saturated heterocycles. The Labute approximate surface area is 107 Å². The van der Waals surface area contributed by atoms with E-state index in [1.807, 2.05) is 6.07 Å². The van der Waals surface area contributed by atoms with Gasteiger partial charge >= 0.3 is 0 Å². The Bertz CT molecular complexity index is 718. The maximum atomic E-state index is 4.65. The lowest BCUT2D eigenvalue weighted by molar-refractivity contribution is 0.947. The van der Waals surface area contributed by atoms with Crippen molar-refractivity contribution in [3.8, 4) is 5.69 Å². The van der Waals surface area contributed by atoms with Gasteiger partial charge in [0.15, 0.2) is 0 Å². The maximum Gasteiger partial charge on any atom is 0.111 e. The van der Waals surface area contributed by atoms with E-state index < -0.39 is 0 Å². The second-order valence-corrected chi connectivity index (χ2v) is 4.69. The minimum Gasteiger partial charge on any atom is -0.297 e. The highest BCUT2D eigenvalue weighted by atomic mass is 15.1. The quantitative estimate of drug-likeness (QED) is 0.741. The van der Waals surface area contributed by atoms with Gasteiger partial charge in [0.1, 0.15) is 5.82 Å². The van der Waals surface area contributed by atoms with Crippen molar-refractivity contribution in [2.75, 3.05) is 0 Å². The van der Waals surface area contributed by atoms with Gasteiger partial charge < -0.3 is 0 Å². The molecule has 0 unspecified atom stereocenters. The van der Waals surface area contributed by atoms with Gasteiger partial charge in [0.2, 0.25) is 0 Å².